The first kappa shape index (κ1) is 14.9. The van der Waals surface area contributed by atoms with E-state index in [-0.39, 0.29) is 6.61 Å². The largest absolute Gasteiger partial charge is 0.461 e. The van der Waals surface area contributed by atoms with Gasteiger partial charge in [-0.2, -0.15) is 11.8 Å². The third-order valence-corrected chi connectivity index (χ3v) is 2.98. The molecule has 102 valence electrons. The first-order chi connectivity index (χ1) is 8.61. The lowest BCUT2D eigenvalue weighted by Crippen LogP contribution is -2.12. The van der Waals surface area contributed by atoms with Crippen LogP contribution in [0.4, 0.5) is 8.78 Å². The number of ether oxygens (including phenoxy) is 1. The smallest absolute Gasteiger partial charge is 0.361 e. The SMILES string of the molecule is CCOC(=O)c1nnn(CCSCC)c1C(F)F. The van der Waals surface area contributed by atoms with Crippen molar-refractivity contribution in [1.82, 2.24) is 15.0 Å². The van der Waals surface area contributed by atoms with E-state index in [4.69, 9.17) is 0 Å². The molecule has 8 heteroatoms. The van der Waals surface area contributed by atoms with E-state index in [0.717, 1.165) is 10.4 Å². The second kappa shape index (κ2) is 7.30. The van der Waals surface area contributed by atoms with Crippen molar-refractivity contribution in [2.24, 2.45) is 0 Å². The number of carbonyl (C=O) groups excluding carboxylic acids is 1. The first-order valence-corrected chi connectivity index (χ1v) is 6.73. The molecule has 0 bridgehead atoms. The molecule has 1 rings (SSSR count). The highest BCUT2D eigenvalue weighted by Crippen LogP contribution is 2.22. The first-order valence-electron chi connectivity index (χ1n) is 5.58. The van der Waals surface area contributed by atoms with E-state index in [1.807, 2.05) is 6.92 Å². The minimum atomic E-state index is -2.80. The standard InChI is InChI=1S/C10H15F2N3O2S/c1-3-17-10(16)7-8(9(11)12)15(14-13-7)5-6-18-4-2/h9H,3-6H2,1-2H3. The Hall–Kier alpha value is -1.18. The van der Waals surface area contributed by atoms with Gasteiger partial charge in [0.15, 0.2) is 5.69 Å². The summed E-state index contributed by atoms with van der Waals surface area (Å²) in [6, 6.07) is 0. The molecule has 1 aromatic heterocycles. The lowest BCUT2D eigenvalue weighted by Gasteiger charge is -2.06. The van der Waals surface area contributed by atoms with Crippen molar-refractivity contribution in [3.8, 4) is 0 Å². The fourth-order valence-electron chi connectivity index (χ4n) is 1.34. The molecule has 5 nitrogen and oxygen atoms in total. The van der Waals surface area contributed by atoms with Gasteiger partial charge in [-0.15, -0.1) is 5.10 Å². The topological polar surface area (TPSA) is 57.0 Å². The Labute approximate surface area is 108 Å². The molecule has 0 radical (unpaired) electrons. The third-order valence-electron chi connectivity index (χ3n) is 2.10. The summed E-state index contributed by atoms with van der Waals surface area (Å²) in [5, 5.41) is 7.07. The van der Waals surface area contributed by atoms with Gasteiger partial charge in [0.25, 0.3) is 6.43 Å². The molecule has 0 aromatic carbocycles. The molecule has 0 aliphatic heterocycles. The van der Waals surface area contributed by atoms with E-state index in [1.54, 1.807) is 18.7 Å². The molecule has 1 aromatic rings. The Balaban J connectivity index is 2.88. The monoisotopic (exact) mass is 279 g/mol. The van der Waals surface area contributed by atoms with Crippen LogP contribution in [-0.2, 0) is 11.3 Å². The number of aromatic nitrogens is 3. The van der Waals surface area contributed by atoms with Crippen molar-refractivity contribution < 1.29 is 18.3 Å². The summed E-state index contributed by atoms with van der Waals surface area (Å²) >= 11 is 1.60. The van der Waals surface area contributed by atoms with Crippen LogP contribution in [0.2, 0.25) is 0 Å². The Morgan fingerprint density at radius 2 is 2.22 bits per heavy atom. The molecular formula is C10H15F2N3O2S. The maximum atomic E-state index is 12.9. The Morgan fingerprint density at radius 3 is 2.78 bits per heavy atom. The van der Waals surface area contributed by atoms with E-state index in [9.17, 15) is 13.6 Å². The van der Waals surface area contributed by atoms with Crippen LogP contribution in [0, 0.1) is 0 Å². The van der Waals surface area contributed by atoms with Crippen LogP contribution in [0.15, 0.2) is 0 Å². The van der Waals surface area contributed by atoms with Crippen molar-refractivity contribution in [3.63, 3.8) is 0 Å². The average molecular weight is 279 g/mol. The van der Waals surface area contributed by atoms with Crippen molar-refractivity contribution in [2.75, 3.05) is 18.1 Å². The molecule has 0 N–H and O–H groups in total. The second-order valence-corrected chi connectivity index (χ2v) is 4.66. The molecule has 0 amide bonds. The van der Waals surface area contributed by atoms with E-state index in [0.29, 0.717) is 12.3 Å². The fourth-order valence-corrected chi connectivity index (χ4v) is 1.93. The van der Waals surface area contributed by atoms with Crippen molar-refractivity contribution in [1.29, 1.82) is 0 Å². The number of nitrogens with zero attached hydrogens (tertiary/aromatic N) is 3. The molecular weight excluding hydrogens is 264 g/mol. The fraction of sp³-hybridized carbons (Fsp3) is 0.700. The number of carbonyl (C=O) groups is 1. The minimum Gasteiger partial charge on any atom is -0.461 e. The average Bonchev–Trinajstić information content (AvgIpc) is 2.74. The van der Waals surface area contributed by atoms with Crippen LogP contribution in [0.25, 0.3) is 0 Å². The number of halogens is 2. The van der Waals surface area contributed by atoms with Crippen LogP contribution in [0.5, 0.6) is 0 Å². The van der Waals surface area contributed by atoms with Crippen LogP contribution in [0.3, 0.4) is 0 Å². The van der Waals surface area contributed by atoms with Crippen LogP contribution in [-0.4, -0.2) is 39.1 Å². The lowest BCUT2D eigenvalue weighted by atomic mass is 10.3. The number of alkyl halides is 2. The summed E-state index contributed by atoms with van der Waals surface area (Å²) in [6.45, 7) is 3.98. The predicted octanol–water partition coefficient (Wildman–Crippen LogP) is 2.15. The van der Waals surface area contributed by atoms with Crippen LogP contribution < -0.4 is 0 Å². The highest BCUT2D eigenvalue weighted by molar-refractivity contribution is 7.99. The van der Waals surface area contributed by atoms with E-state index >= 15 is 0 Å². The molecule has 1 heterocycles. The minimum absolute atomic E-state index is 0.111. The van der Waals surface area contributed by atoms with E-state index in [2.05, 4.69) is 15.0 Å². The quantitative estimate of drug-likeness (QED) is 0.565. The van der Waals surface area contributed by atoms with Gasteiger partial charge in [-0.25, -0.2) is 18.3 Å². The molecule has 0 aliphatic carbocycles. The summed E-state index contributed by atoms with van der Waals surface area (Å²) in [5.41, 5.74) is -0.862. The van der Waals surface area contributed by atoms with Gasteiger partial charge in [0, 0.05) is 5.75 Å². The number of thioether (sulfide) groups is 1. The van der Waals surface area contributed by atoms with Gasteiger partial charge < -0.3 is 4.74 Å². The van der Waals surface area contributed by atoms with Gasteiger partial charge in [0.2, 0.25) is 0 Å². The number of esters is 1. The molecule has 0 saturated carbocycles. The van der Waals surface area contributed by atoms with Gasteiger partial charge in [0.05, 0.1) is 13.2 Å². The molecule has 0 fully saturated rings. The summed E-state index contributed by atoms with van der Waals surface area (Å²) in [7, 11) is 0. The van der Waals surface area contributed by atoms with Crippen molar-refractivity contribution in [3.05, 3.63) is 11.4 Å². The zero-order valence-electron chi connectivity index (χ0n) is 10.2. The molecule has 0 aliphatic rings. The zero-order valence-corrected chi connectivity index (χ0v) is 11.0. The maximum Gasteiger partial charge on any atom is 0.361 e. The van der Waals surface area contributed by atoms with Gasteiger partial charge in [-0.05, 0) is 12.7 Å². The van der Waals surface area contributed by atoms with Gasteiger partial charge in [-0.1, -0.05) is 12.1 Å². The molecule has 0 saturated heterocycles. The molecule has 0 unspecified atom stereocenters. The van der Waals surface area contributed by atoms with E-state index in [1.165, 1.54) is 0 Å². The number of rotatable bonds is 7. The number of hydrogen-bond donors (Lipinski definition) is 0. The summed E-state index contributed by atoms with van der Waals surface area (Å²) in [5.74, 6) is 0.674. The normalized spacial score (nSPS) is 10.9. The maximum absolute atomic E-state index is 12.9. The highest BCUT2D eigenvalue weighted by atomic mass is 32.2. The third kappa shape index (κ3) is 3.66. The predicted molar refractivity (Wildman–Crippen MR) is 63.9 cm³/mol. The highest BCUT2D eigenvalue weighted by Gasteiger charge is 2.27. The zero-order chi connectivity index (χ0) is 13.5. The van der Waals surface area contributed by atoms with E-state index < -0.39 is 23.8 Å². The summed E-state index contributed by atoms with van der Waals surface area (Å²) in [4.78, 5) is 11.4. The summed E-state index contributed by atoms with van der Waals surface area (Å²) < 4.78 is 31.6. The molecule has 0 spiro atoms. The Morgan fingerprint density at radius 1 is 1.50 bits per heavy atom. The van der Waals surface area contributed by atoms with Crippen molar-refractivity contribution in [2.45, 2.75) is 26.8 Å². The van der Waals surface area contributed by atoms with Gasteiger partial charge >= 0.3 is 5.97 Å². The summed E-state index contributed by atoms with van der Waals surface area (Å²) in [6.07, 6.45) is -2.80. The molecule has 18 heavy (non-hydrogen) atoms. The van der Waals surface area contributed by atoms with Gasteiger partial charge in [-0.3, -0.25) is 0 Å². The Kier molecular flexibility index (Phi) is 6.03. The number of aryl methyl sites for hydroxylation is 1. The second-order valence-electron chi connectivity index (χ2n) is 3.26. The lowest BCUT2D eigenvalue weighted by molar-refractivity contribution is 0.0506. The Bertz CT molecular complexity index is 398. The van der Waals surface area contributed by atoms with Crippen LogP contribution >= 0.6 is 11.8 Å². The van der Waals surface area contributed by atoms with Crippen LogP contribution in [0.1, 0.15) is 36.5 Å². The number of hydrogen-bond acceptors (Lipinski definition) is 5. The van der Waals surface area contributed by atoms with Gasteiger partial charge in [0.1, 0.15) is 5.69 Å². The van der Waals surface area contributed by atoms with Crippen molar-refractivity contribution >= 4 is 17.7 Å². The molecule has 0 atom stereocenters.